The molecule has 0 unspecified atom stereocenters. The van der Waals surface area contributed by atoms with Crippen LogP contribution in [0, 0.1) is 5.82 Å². The molecule has 1 aliphatic heterocycles. The number of benzene rings is 2. The zero-order chi connectivity index (χ0) is 19.9. The fraction of sp³-hybridized carbons (Fsp3) is 0.158. The number of fused-ring (bicyclic) bond motifs is 1. The molecule has 1 N–H and O–H groups in total. The molecule has 6 nitrogen and oxygen atoms in total. The molecular formula is C19H16FN3O3S2. The number of carbonyl (C=O) groups excluding carboxylic acids is 1. The second-order valence-corrected chi connectivity index (χ2v) is 9.13. The maximum Gasteiger partial charge on any atom is 0.270 e. The van der Waals surface area contributed by atoms with Gasteiger partial charge in [-0.3, -0.25) is 4.79 Å². The Kier molecular flexibility index (Phi) is 4.74. The Hall–Kier alpha value is -2.62. The Morgan fingerprint density at radius 3 is 2.79 bits per heavy atom. The first-order valence-electron chi connectivity index (χ1n) is 8.50. The van der Waals surface area contributed by atoms with E-state index in [9.17, 15) is 17.6 Å². The highest BCUT2D eigenvalue weighted by molar-refractivity contribution is 7.89. The molecule has 28 heavy (non-hydrogen) atoms. The van der Waals surface area contributed by atoms with Crippen molar-refractivity contribution >= 4 is 33.0 Å². The van der Waals surface area contributed by atoms with Crippen LogP contribution in [-0.4, -0.2) is 32.9 Å². The monoisotopic (exact) mass is 417 g/mol. The zero-order valence-corrected chi connectivity index (χ0v) is 16.5. The lowest BCUT2D eigenvalue weighted by atomic mass is 10.2. The minimum atomic E-state index is -3.54. The number of nitrogens with one attached hydrogen (secondary N) is 1. The highest BCUT2D eigenvalue weighted by atomic mass is 32.2. The summed E-state index contributed by atoms with van der Waals surface area (Å²) in [6.07, 6.45) is 2.01. The molecule has 4 rings (SSSR count). The number of hydrogen-bond acceptors (Lipinski definition) is 5. The molecule has 3 aromatic rings. The van der Waals surface area contributed by atoms with Crippen molar-refractivity contribution in [1.29, 1.82) is 0 Å². The van der Waals surface area contributed by atoms with Crippen molar-refractivity contribution < 1.29 is 17.6 Å². The third-order valence-electron chi connectivity index (χ3n) is 4.59. The smallest absolute Gasteiger partial charge is 0.270 e. The van der Waals surface area contributed by atoms with E-state index in [1.165, 1.54) is 25.4 Å². The fourth-order valence-electron chi connectivity index (χ4n) is 3.14. The number of hydrogen-bond donors (Lipinski definition) is 1. The number of carbonyl (C=O) groups is 1. The summed E-state index contributed by atoms with van der Waals surface area (Å²) >= 11 is 1.13. The number of halogens is 1. The number of nitrogens with zero attached hydrogens (tertiary/aromatic N) is 2. The van der Waals surface area contributed by atoms with Crippen LogP contribution in [0.25, 0.3) is 10.6 Å². The summed E-state index contributed by atoms with van der Waals surface area (Å²) in [5, 5.41) is 0.441. The van der Waals surface area contributed by atoms with Gasteiger partial charge in [0.05, 0.1) is 11.1 Å². The van der Waals surface area contributed by atoms with Crippen molar-refractivity contribution in [2.24, 2.45) is 0 Å². The van der Waals surface area contributed by atoms with Crippen molar-refractivity contribution in [3.8, 4) is 10.6 Å². The Labute approximate surface area is 165 Å². The highest BCUT2D eigenvalue weighted by Gasteiger charge is 2.28. The van der Waals surface area contributed by atoms with E-state index in [-0.39, 0.29) is 16.6 Å². The van der Waals surface area contributed by atoms with Gasteiger partial charge in [-0.05, 0) is 49.4 Å². The van der Waals surface area contributed by atoms with Crippen LogP contribution in [0.3, 0.4) is 0 Å². The third kappa shape index (κ3) is 3.21. The minimum Gasteiger partial charge on any atom is -0.307 e. The van der Waals surface area contributed by atoms with Crippen molar-refractivity contribution in [3.05, 3.63) is 64.9 Å². The van der Waals surface area contributed by atoms with E-state index >= 15 is 0 Å². The van der Waals surface area contributed by atoms with Gasteiger partial charge in [0.15, 0.2) is 0 Å². The fourth-order valence-corrected chi connectivity index (χ4v) is 4.81. The predicted molar refractivity (Wildman–Crippen MR) is 106 cm³/mol. The second-order valence-electron chi connectivity index (χ2n) is 6.21. The summed E-state index contributed by atoms with van der Waals surface area (Å²) in [7, 11) is -2.18. The van der Waals surface area contributed by atoms with E-state index in [0.29, 0.717) is 34.1 Å². The lowest BCUT2D eigenvalue weighted by Gasteiger charge is -2.16. The first-order valence-corrected chi connectivity index (χ1v) is 10.8. The van der Waals surface area contributed by atoms with E-state index in [4.69, 9.17) is 0 Å². The van der Waals surface area contributed by atoms with Crippen LogP contribution in [0.5, 0.6) is 0 Å². The molecule has 1 aliphatic rings. The summed E-state index contributed by atoms with van der Waals surface area (Å²) in [6, 6.07) is 11.0. The van der Waals surface area contributed by atoms with Gasteiger partial charge in [-0.15, -0.1) is 11.3 Å². The van der Waals surface area contributed by atoms with Gasteiger partial charge < -0.3 is 4.90 Å². The molecule has 0 radical (unpaired) electrons. The topological polar surface area (TPSA) is 79.4 Å². The van der Waals surface area contributed by atoms with Gasteiger partial charge >= 0.3 is 0 Å². The lowest BCUT2D eigenvalue weighted by Crippen LogP contribution is -2.28. The molecule has 0 saturated heterocycles. The van der Waals surface area contributed by atoms with E-state index in [1.54, 1.807) is 35.2 Å². The van der Waals surface area contributed by atoms with Crippen molar-refractivity contribution in [2.45, 2.75) is 11.3 Å². The lowest BCUT2D eigenvalue weighted by molar-refractivity contribution is 0.0993. The van der Waals surface area contributed by atoms with Crippen LogP contribution >= 0.6 is 11.3 Å². The average Bonchev–Trinajstić information content (AvgIpc) is 3.34. The molecule has 144 valence electrons. The number of amides is 1. The maximum absolute atomic E-state index is 14.0. The molecular weight excluding hydrogens is 401 g/mol. The summed E-state index contributed by atoms with van der Waals surface area (Å²) in [5.41, 5.74) is 1.83. The van der Waals surface area contributed by atoms with Crippen LogP contribution in [-0.2, 0) is 16.4 Å². The first kappa shape index (κ1) is 18.7. The molecule has 0 aliphatic carbocycles. The summed E-state index contributed by atoms with van der Waals surface area (Å²) < 4.78 is 40.2. The molecule has 1 aromatic heterocycles. The Morgan fingerprint density at radius 1 is 1.25 bits per heavy atom. The normalized spacial score (nSPS) is 13.6. The third-order valence-corrected chi connectivity index (χ3v) is 7.02. The van der Waals surface area contributed by atoms with E-state index < -0.39 is 10.0 Å². The van der Waals surface area contributed by atoms with Gasteiger partial charge in [0.1, 0.15) is 15.7 Å². The summed E-state index contributed by atoms with van der Waals surface area (Å²) in [5.74, 6) is -0.622. The quantitative estimate of drug-likeness (QED) is 0.708. The zero-order valence-electron chi connectivity index (χ0n) is 14.8. The largest absolute Gasteiger partial charge is 0.307 e. The second kappa shape index (κ2) is 7.08. The van der Waals surface area contributed by atoms with Gasteiger partial charge in [-0.2, -0.15) is 0 Å². The minimum absolute atomic E-state index is 0.169. The molecule has 0 fully saturated rings. The number of aromatic nitrogens is 1. The number of anilines is 1. The number of thiazole rings is 1. The summed E-state index contributed by atoms with van der Waals surface area (Å²) in [4.78, 5) is 19.3. The Morgan fingerprint density at radius 2 is 2.04 bits per heavy atom. The van der Waals surface area contributed by atoms with Crippen LogP contribution in [0.1, 0.15) is 15.2 Å². The molecule has 1 amide bonds. The number of sulfonamides is 1. The van der Waals surface area contributed by atoms with E-state index in [0.717, 1.165) is 16.9 Å². The van der Waals surface area contributed by atoms with Gasteiger partial charge in [0, 0.05) is 17.8 Å². The van der Waals surface area contributed by atoms with Gasteiger partial charge in [0.2, 0.25) is 10.0 Å². The van der Waals surface area contributed by atoms with Gasteiger partial charge in [-0.25, -0.2) is 22.5 Å². The molecule has 0 bridgehead atoms. The summed E-state index contributed by atoms with van der Waals surface area (Å²) in [6.45, 7) is 0.449. The van der Waals surface area contributed by atoms with Gasteiger partial charge in [0.25, 0.3) is 5.91 Å². The molecule has 9 heteroatoms. The SMILES string of the molecule is CNS(=O)(=O)c1ccc2c(c1)CCN2C(=O)c1cnc(-c2ccccc2F)s1. The predicted octanol–water partition coefficient (Wildman–Crippen LogP) is 3.06. The van der Waals surface area contributed by atoms with Crippen LogP contribution in [0.4, 0.5) is 10.1 Å². The molecule has 2 heterocycles. The van der Waals surface area contributed by atoms with E-state index in [1.807, 2.05) is 0 Å². The Bertz CT molecular complexity index is 1170. The Balaban J connectivity index is 1.63. The van der Waals surface area contributed by atoms with Crippen LogP contribution in [0.15, 0.2) is 53.6 Å². The molecule has 0 spiro atoms. The molecule has 0 atom stereocenters. The van der Waals surface area contributed by atoms with Crippen LogP contribution < -0.4 is 9.62 Å². The standard InChI is InChI=1S/C19H16FN3O3S2/c1-21-28(25,26)13-6-7-16-12(10-13)8-9-23(16)19(24)17-11-22-18(27-17)14-4-2-3-5-15(14)20/h2-7,10-11,21H,8-9H2,1H3. The molecule has 0 saturated carbocycles. The van der Waals surface area contributed by atoms with Crippen molar-refractivity contribution in [3.63, 3.8) is 0 Å². The highest BCUT2D eigenvalue weighted by Crippen LogP contribution is 2.33. The maximum atomic E-state index is 14.0. The molecule has 2 aromatic carbocycles. The van der Waals surface area contributed by atoms with Crippen molar-refractivity contribution in [2.75, 3.05) is 18.5 Å². The van der Waals surface area contributed by atoms with E-state index in [2.05, 4.69) is 9.71 Å². The first-order chi connectivity index (χ1) is 13.4. The number of rotatable bonds is 4. The van der Waals surface area contributed by atoms with Gasteiger partial charge in [-0.1, -0.05) is 12.1 Å². The van der Waals surface area contributed by atoms with Crippen LogP contribution in [0.2, 0.25) is 0 Å². The average molecular weight is 417 g/mol. The van der Waals surface area contributed by atoms with Crippen molar-refractivity contribution in [1.82, 2.24) is 9.71 Å².